The van der Waals surface area contributed by atoms with Gasteiger partial charge < -0.3 is 9.15 Å². The highest BCUT2D eigenvalue weighted by Crippen LogP contribution is 2.48. The van der Waals surface area contributed by atoms with Gasteiger partial charge in [0.2, 0.25) is 0 Å². The van der Waals surface area contributed by atoms with Crippen LogP contribution in [0.5, 0.6) is 11.5 Å². The number of para-hydroxylation sites is 1. The van der Waals surface area contributed by atoms with Crippen LogP contribution >= 0.6 is 0 Å². The first kappa shape index (κ1) is 25.2. The number of hydrogen-bond acceptors (Lipinski definition) is 2. The van der Waals surface area contributed by atoms with Crippen LogP contribution in [-0.4, -0.2) is 0 Å². The maximum Gasteiger partial charge on any atom is 0.136 e. The quantitative estimate of drug-likeness (QED) is 0.205. The molecular weight excluding hydrogens is 560 g/mol. The molecule has 0 amide bonds. The Hall–Kier alpha value is -6.12. The topological polar surface area (TPSA) is 22.4 Å². The normalized spacial score (nSPS) is 12.1. The fourth-order valence-corrected chi connectivity index (χ4v) is 7.27. The summed E-state index contributed by atoms with van der Waals surface area (Å²) in [6.07, 6.45) is 0. The molecule has 0 spiro atoms. The average molecular weight is 587 g/mol. The second-order valence-corrected chi connectivity index (χ2v) is 12.1. The molecule has 0 atom stereocenters. The summed E-state index contributed by atoms with van der Waals surface area (Å²) in [5.41, 5.74) is 11.3. The zero-order valence-corrected chi connectivity index (χ0v) is 24.8. The standard InChI is InChI=1S/C44H26O2/c1-2-8-32-26-42-38(25-31(32)7-1)43-34(10-6-14-40(43)46-42)30-21-17-28(18-22-30)27-15-19-29(20-16-27)33-23-24-41-44-36(33)11-5-12-37(44)35-9-3-4-13-39(35)45-41/h1-26H. The first-order chi connectivity index (χ1) is 22.8. The lowest BCUT2D eigenvalue weighted by Gasteiger charge is -2.22. The number of benzene rings is 8. The first-order valence-electron chi connectivity index (χ1n) is 15.7. The SMILES string of the molecule is c1ccc2c(c1)Oc1ccc(-c3ccc(-c4ccc(-c5cccc6oc7cc8ccccc8cc7c56)cc4)cc3)c3cccc-2c13. The number of furan rings is 1. The summed E-state index contributed by atoms with van der Waals surface area (Å²) in [6, 6.07) is 56.1. The van der Waals surface area contributed by atoms with Crippen LogP contribution in [0.1, 0.15) is 0 Å². The minimum absolute atomic E-state index is 0.911. The van der Waals surface area contributed by atoms with Crippen LogP contribution in [0, 0.1) is 0 Å². The third-order valence-corrected chi connectivity index (χ3v) is 9.49. The molecule has 0 saturated carbocycles. The summed E-state index contributed by atoms with van der Waals surface area (Å²) in [7, 11) is 0. The van der Waals surface area contributed by atoms with Gasteiger partial charge in [-0.2, -0.15) is 0 Å². The van der Waals surface area contributed by atoms with Crippen LogP contribution in [0.2, 0.25) is 0 Å². The van der Waals surface area contributed by atoms with Gasteiger partial charge in [0, 0.05) is 21.7 Å². The predicted molar refractivity (Wildman–Crippen MR) is 191 cm³/mol. The van der Waals surface area contributed by atoms with Gasteiger partial charge in [-0.15, -0.1) is 0 Å². The molecule has 46 heavy (non-hydrogen) atoms. The molecule has 2 nitrogen and oxygen atoms in total. The van der Waals surface area contributed by atoms with Gasteiger partial charge in [-0.1, -0.05) is 127 Å². The van der Waals surface area contributed by atoms with Crippen LogP contribution < -0.4 is 4.74 Å². The summed E-state index contributed by atoms with van der Waals surface area (Å²) < 4.78 is 12.6. The molecule has 214 valence electrons. The Balaban J connectivity index is 1.01. The Bertz CT molecular complexity index is 2640. The van der Waals surface area contributed by atoms with E-state index >= 15 is 0 Å². The van der Waals surface area contributed by atoms with Crippen LogP contribution in [-0.2, 0) is 0 Å². The van der Waals surface area contributed by atoms with Gasteiger partial charge in [0.1, 0.15) is 22.7 Å². The summed E-state index contributed by atoms with van der Waals surface area (Å²) in [6.45, 7) is 0. The van der Waals surface area contributed by atoms with E-state index in [0.717, 1.165) is 39.0 Å². The van der Waals surface area contributed by atoms with Crippen molar-refractivity contribution in [3.8, 4) is 56.0 Å². The Labute approximate surface area is 265 Å². The van der Waals surface area contributed by atoms with Gasteiger partial charge >= 0.3 is 0 Å². The molecule has 0 aliphatic carbocycles. The van der Waals surface area contributed by atoms with Gasteiger partial charge in [0.05, 0.1) is 0 Å². The van der Waals surface area contributed by atoms with Crippen molar-refractivity contribution in [2.75, 3.05) is 0 Å². The van der Waals surface area contributed by atoms with E-state index in [4.69, 9.17) is 9.15 Å². The second kappa shape index (κ2) is 9.69. The number of rotatable bonds is 3. The lowest BCUT2D eigenvalue weighted by Crippen LogP contribution is -1.97. The lowest BCUT2D eigenvalue weighted by molar-refractivity contribution is 0.487. The van der Waals surface area contributed by atoms with E-state index in [9.17, 15) is 0 Å². The predicted octanol–water partition coefficient (Wildman–Crippen LogP) is 12.7. The van der Waals surface area contributed by atoms with Crippen molar-refractivity contribution in [2.45, 2.75) is 0 Å². The fraction of sp³-hybridized carbons (Fsp3) is 0. The monoisotopic (exact) mass is 586 g/mol. The van der Waals surface area contributed by atoms with Crippen molar-refractivity contribution in [3.63, 3.8) is 0 Å². The van der Waals surface area contributed by atoms with E-state index in [2.05, 4.69) is 146 Å². The Kier molecular flexibility index (Phi) is 5.31. The van der Waals surface area contributed by atoms with Crippen LogP contribution in [0.4, 0.5) is 0 Å². The van der Waals surface area contributed by atoms with E-state index in [1.165, 1.54) is 60.5 Å². The molecule has 9 aromatic rings. The van der Waals surface area contributed by atoms with Gasteiger partial charge in [-0.25, -0.2) is 0 Å². The second-order valence-electron chi connectivity index (χ2n) is 12.1. The van der Waals surface area contributed by atoms with Crippen LogP contribution in [0.3, 0.4) is 0 Å². The van der Waals surface area contributed by atoms with Crippen molar-refractivity contribution in [1.29, 1.82) is 0 Å². The highest BCUT2D eigenvalue weighted by atomic mass is 16.5. The summed E-state index contributed by atoms with van der Waals surface area (Å²) in [5, 5.41) is 7.10. The lowest BCUT2D eigenvalue weighted by atomic mass is 9.90. The van der Waals surface area contributed by atoms with Crippen molar-refractivity contribution < 1.29 is 9.15 Å². The van der Waals surface area contributed by atoms with Gasteiger partial charge in [0.25, 0.3) is 0 Å². The van der Waals surface area contributed by atoms with Gasteiger partial charge in [0.15, 0.2) is 0 Å². The minimum atomic E-state index is 0.911. The van der Waals surface area contributed by atoms with Crippen LogP contribution in [0.15, 0.2) is 162 Å². The van der Waals surface area contributed by atoms with E-state index in [-0.39, 0.29) is 0 Å². The van der Waals surface area contributed by atoms with E-state index < -0.39 is 0 Å². The van der Waals surface area contributed by atoms with Crippen molar-refractivity contribution in [2.24, 2.45) is 0 Å². The molecule has 0 saturated heterocycles. The van der Waals surface area contributed by atoms with Crippen LogP contribution in [0.25, 0.3) is 88.0 Å². The molecular formula is C44H26O2. The molecule has 0 radical (unpaired) electrons. The molecule has 1 aliphatic rings. The largest absolute Gasteiger partial charge is 0.456 e. The third-order valence-electron chi connectivity index (χ3n) is 9.49. The summed E-state index contributed by atoms with van der Waals surface area (Å²) in [4.78, 5) is 0. The molecule has 2 heterocycles. The molecule has 0 N–H and O–H groups in total. The maximum absolute atomic E-state index is 6.32. The molecule has 0 unspecified atom stereocenters. The fourth-order valence-electron chi connectivity index (χ4n) is 7.27. The van der Waals surface area contributed by atoms with Crippen molar-refractivity contribution in [3.05, 3.63) is 158 Å². The molecule has 10 rings (SSSR count). The molecule has 0 bridgehead atoms. The van der Waals surface area contributed by atoms with E-state index in [1.54, 1.807) is 0 Å². The highest BCUT2D eigenvalue weighted by molar-refractivity contribution is 6.15. The maximum atomic E-state index is 6.32. The van der Waals surface area contributed by atoms with Gasteiger partial charge in [-0.3, -0.25) is 0 Å². The molecule has 2 heteroatoms. The molecule has 0 fully saturated rings. The smallest absolute Gasteiger partial charge is 0.136 e. The molecule has 1 aromatic heterocycles. The average Bonchev–Trinajstić information content (AvgIpc) is 3.49. The Morgan fingerprint density at radius 2 is 0.957 bits per heavy atom. The van der Waals surface area contributed by atoms with Crippen molar-refractivity contribution in [1.82, 2.24) is 0 Å². The number of ether oxygens (including phenoxy) is 1. The third kappa shape index (κ3) is 3.77. The first-order valence-corrected chi connectivity index (χ1v) is 15.7. The zero-order chi connectivity index (χ0) is 30.2. The molecule has 8 aromatic carbocycles. The van der Waals surface area contributed by atoms with E-state index in [0.29, 0.717) is 0 Å². The summed E-state index contributed by atoms with van der Waals surface area (Å²) >= 11 is 0. The number of fused-ring (bicyclic) bond motifs is 6. The summed E-state index contributed by atoms with van der Waals surface area (Å²) in [5.74, 6) is 1.83. The Morgan fingerprint density at radius 3 is 1.76 bits per heavy atom. The zero-order valence-electron chi connectivity index (χ0n) is 24.8. The van der Waals surface area contributed by atoms with Gasteiger partial charge in [-0.05, 0) is 85.4 Å². The van der Waals surface area contributed by atoms with Crippen molar-refractivity contribution >= 4 is 43.5 Å². The highest BCUT2D eigenvalue weighted by Gasteiger charge is 2.21. The molecule has 1 aliphatic heterocycles. The Morgan fingerprint density at radius 1 is 0.326 bits per heavy atom. The number of hydrogen-bond donors (Lipinski definition) is 0. The minimum Gasteiger partial charge on any atom is -0.456 e. The van der Waals surface area contributed by atoms with E-state index in [1.807, 2.05) is 12.1 Å².